The molecular weight excluding hydrogens is 260 g/mol. The lowest BCUT2D eigenvalue weighted by atomic mass is 10.1. The van der Waals surface area contributed by atoms with Crippen molar-refractivity contribution in [1.82, 2.24) is 0 Å². The van der Waals surface area contributed by atoms with Gasteiger partial charge in [-0.2, -0.15) is 0 Å². The maximum absolute atomic E-state index is 11.8. The minimum Gasteiger partial charge on any atom is -0.494 e. The van der Waals surface area contributed by atoms with Crippen LogP contribution in [0.25, 0.3) is 0 Å². The van der Waals surface area contributed by atoms with Gasteiger partial charge in [0.2, 0.25) is 5.91 Å². The SMILES string of the molecule is COc1cc(N)ccc1NC(=O)COCC1CCOC1. The minimum atomic E-state index is -0.216. The van der Waals surface area contributed by atoms with Gasteiger partial charge in [0, 0.05) is 24.3 Å². The van der Waals surface area contributed by atoms with Gasteiger partial charge >= 0.3 is 0 Å². The maximum Gasteiger partial charge on any atom is 0.250 e. The Bertz CT molecular complexity index is 458. The third kappa shape index (κ3) is 4.11. The molecule has 0 aliphatic carbocycles. The molecule has 0 spiro atoms. The molecule has 1 unspecified atom stereocenters. The number of amides is 1. The highest BCUT2D eigenvalue weighted by Crippen LogP contribution is 2.26. The summed E-state index contributed by atoms with van der Waals surface area (Å²) in [5, 5.41) is 2.74. The first-order chi connectivity index (χ1) is 9.69. The molecule has 1 atom stereocenters. The number of benzene rings is 1. The van der Waals surface area contributed by atoms with Crippen LogP contribution in [0.4, 0.5) is 11.4 Å². The van der Waals surface area contributed by atoms with E-state index in [0.717, 1.165) is 13.0 Å². The second-order valence-electron chi connectivity index (χ2n) is 4.75. The van der Waals surface area contributed by atoms with Crippen molar-refractivity contribution >= 4 is 17.3 Å². The summed E-state index contributed by atoms with van der Waals surface area (Å²) in [6.45, 7) is 2.06. The fraction of sp³-hybridized carbons (Fsp3) is 0.500. The number of carbonyl (C=O) groups is 1. The Balaban J connectivity index is 1.78. The summed E-state index contributed by atoms with van der Waals surface area (Å²) in [5.41, 5.74) is 6.82. The fourth-order valence-corrected chi connectivity index (χ4v) is 2.03. The first kappa shape index (κ1) is 14.6. The standard InChI is InChI=1S/C14H20N2O4/c1-18-13-6-11(15)2-3-12(13)16-14(17)9-20-8-10-4-5-19-7-10/h2-3,6,10H,4-5,7-9,15H2,1H3,(H,16,17). The molecular formula is C14H20N2O4. The van der Waals surface area contributed by atoms with Gasteiger partial charge in [0.05, 0.1) is 26.0 Å². The number of rotatable bonds is 6. The van der Waals surface area contributed by atoms with Crippen molar-refractivity contribution in [1.29, 1.82) is 0 Å². The van der Waals surface area contributed by atoms with E-state index in [9.17, 15) is 4.79 Å². The van der Waals surface area contributed by atoms with E-state index in [0.29, 0.717) is 36.3 Å². The average molecular weight is 280 g/mol. The Labute approximate surface area is 118 Å². The predicted octanol–water partition coefficient (Wildman–Crippen LogP) is 1.27. The fourth-order valence-electron chi connectivity index (χ4n) is 2.03. The number of nitrogen functional groups attached to an aromatic ring is 1. The van der Waals surface area contributed by atoms with Crippen LogP contribution in [-0.2, 0) is 14.3 Å². The van der Waals surface area contributed by atoms with Crippen LogP contribution < -0.4 is 15.8 Å². The molecule has 1 fully saturated rings. The van der Waals surface area contributed by atoms with Crippen molar-refractivity contribution in [3.63, 3.8) is 0 Å². The van der Waals surface area contributed by atoms with Gasteiger partial charge in [-0.1, -0.05) is 0 Å². The van der Waals surface area contributed by atoms with Gasteiger partial charge in [-0.15, -0.1) is 0 Å². The molecule has 6 nitrogen and oxygen atoms in total. The van der Waals surface area contributed by atoms with Gasteiger partial charge < -0.3 is 25.3 Å². The van der Waals surface area contributed by atoms with Crippen molar-refractivity contribution in [2.75, 3.05) is 44.6 Å². The molecule has 1 aliphatic heterocycles. The number of ether oxygens (including phenoxy) is 3. The topological polar surface area (TPSA) is 82.8 Å². The first-order valence-corrected chi connectivity index (χ1v) is 6.58. The number of hydrogen-bond donors (Lipinski definition) is 2. The van der Waals surface area contributed by atoms with E-state index >= 15 is 0 Å². The molecule has 1 saturated heterocycles. The molecule has 1 aliphatic rings. The minimum absolute atomic E-state index is 0.0179. The number of nitrogens with one attached hydrogen (secondary N) is 1. The third-order valence-corrected chi connectivity index (χ3v) is 3.11. The zero-order chi connectivity index (χ0) is 14.4. The second kappa shape index (κ2) is 7.12. The second-order valence-corrected chi connectivity index (χ2v) is 4.75. The van der Waals surface area contributed by atoms with Crippen molar-refractivity contribution in [3.05, 3.63) is 18.2 Å². The summed E-state index contributed by atoms with van der Waals surface area (Å²) in [5.74, 6) is 0.711. The Morgan fingerprint density at radius 1 is 1.55 bits per heavy atom. The average Bonchev–Trinajstić information content (AvgIpc) is 2.94. The van der Waals surface area contributed by atoms with Gasteiger partial charge in [-0.05, 0) is 18.6 Å². The largest absolute Gasteiger partial charge is 0.494 e. The molecule has 3 N–H and O–H groups in total. The molecule has 0 saturated carbocycles. The third-order valence-electron chi connectivity index (χ3n) is 3.11. The maximum atomic E-state index is 11.8. The van der Waals surface area contributed by atoms with E-state index in [2.05, 4.69) is 5.32 Å². The quantitative estimate of drug-likeness (QED) is 0.767. The molecule has 20 heavy (non-hydrogen) atoms. The lowest BCUT2D eigenvalue weighted by Crippen LogP contribution is -2.21. The van der Waals surface area contributed by atoms with Crippen LogP contribution in [0.15, 0.2) is 18.2 Å². The highest BCUT2D eigenvalue weighted by molar-refractivity contribution is 5.93. The van der Waals surface area contributed by atoms with Crippen molar-refractivity contribution in [2.45, 2.75) is 6.42 Å². The Hall–Kier alpha value is -1.79. The van der Waals surface area contributed by atoms with Gasteiger partial charge in [-0.3, -0.25) is 4.79 Å². The van der Waals surface area contributed by atoms with E-state index in [4.69, 9.17) is 19.9 Å². The highest BCUT2D eigenvalue weighted by Gasteiger charge is 2.16. The van der Waals surface area contributed by atoms with Crippen LogP contribution in [-0.4, -0.2) is 39.4 Å². The molecule has 6 heteroatoms. The number of anilines is 2. The van der Waals surface area contributed by atoms with E-state index in [1.807, 2.05) is 0 Å². The van der Waals surface area contributed by atoms with Crippen LogP contribution in [0, 0.1) is 5.92 Å². The molecule has 0 aromatic heterocycles. The van der Waals surface area contributed by atoms with Crippen molar-refractivity contribution < 1.29 is 19.0 Å². The Morgan fingerprint density at radius 2 is 2.40 bits per heavy atom. The van der Waals surface area contributed by atoms with Crippen LogP contribution in [0.3, 0.4) is 0 Å². The first-order valence-electron chi connectivity index (χ1n) is 6.58. The smallest absolute Gasteiger partial charge is 0.250 e. The predicted molar refractivity (Wildman–Crippen MR) is 75.8 cm³/mol. The lowest BCUT2D eigenvalue weighted by Gasteiger charge is -2.12. The normalized spacial score (nSPS) is 17.9. The van der Waals surface area contributed by atoms with Gasteiger partial charge in [0.25, 0.3) is 0 Å². The van der Waals surface area contributed by atoms with Gasteiger partial charge in [0.15, 0.2) is 0 Å². The van der Waals surface area contributed by atoms with Gasteiger partial charge in [0.1, 0.15) is 12.4 Å². The summed E-state index contributed by atoms with van der Waals surface area (Å²) in [6.07, 6.45) is 0.993. The van der Waals surface area contributed by atoms with Crippen LogP contribution in [0.2, 0.25) is 0 Å². The van der Waals surface area contributed by atoms with E-state index in [1.54, 1.807) is 18.2 Å². The van der Waals surface area contributed by atoms with Crippen LogP contribution >= 0.6 is 0 Å². The van der Waals surface area contributed by atoms with Crippen molar-refractivity contribution in [2.24, 2.45) is 5.92 Å². The number of nitrogens with two attached hydrogens (primary N) is 1. The van der Waals surface area contributed by atoms with E-state index in [1.165, 1.54) is 7.11 Å². The molecule has 2 rings (SSSR count). The van der Waals surface area contributed by atoms with E-state index in [-0.39, 0.29) is 12.5 Å². The van der Waals surface area contributed by atoms with E-state index < -0.39 is 0 Å². The monoisotopic (exact) mass is 280 g/mol. The van der Waals surface area contributed by atoms with Crippen molar-refractivity contribution in [3.8, 4) is 5.75 Å². The summed E-state index contributed by atoms with van der Waals surface area (Å²) >= 11 is 0. The summed E-state index contributed by atoms with van der Waals surface area (Å²) in [6, 6.07) is 5.07. The molecule has 0 bridgehead atoms. The molecule has 1 heterocycles. The van der Waals surface area contributed by atoms with Gasteiger partial charge in [-0.25, -0.2) is 0 Å². The summed E-state index contributed by atoms with van der Waals surface area (Å²) < 4.78 is 15.8. The zero-order valence-corrected chi connectivity index (χ0v) is 11.6. The Kier molecular flexibility index (Phi) is 5.20. The van der Waals surface area contributed by atoms with Crippen LogP contribution in [0.5, 0.6) is 5.75 Å². The zero-order valence-electron chi connectivity index (χ0n) is 11.6. The molecule has 1 aromatic carbocycles. The van der Waals surface area contributed by atoms with Crippen LogP contribution in [0.1, 0.15) is 6.42 Å². The number of carbonyl (C=O) groups excluding carboxylic acids is 1. The molecule has 0 radical (unpaired) electrons. The number of methoxy groups -OCH3 is 1. The highest BCUT2D eigenvalue weighted by atomic mass is 16.5. The summed E-state index contributed by atoms with van der Waals surface area (Å²) in [7, 11) is 1.53. The molecule has 1 amide bonds. The number of hydrogen-bond acceptors (Lipinski definition) is 5. The summed E-state index contributed by atoms with van der Waals surface area (Å²) in [4.78, 5) is 11.8. The molecule has 110 valence electrons. The Morgan fingerprint density at radius 3 is 3.10 bits per heavy atom. The lowest BCUT2D eigenvalue weighted by molar-refractivity contribution is -0.121. The molecule has 1 aromatic rings.